The van der Waals surface area contributed by atoms with Crippen LogP contribution in [0.3, 0.4) is 0 Å². The summed E-state index contributed by atoms with van der Waals surface area (Å²) in [5.41, 5.74) is 0.888. The quantitative estimate of drug-likeness (QED) is 0.539. The average Bonchev–Trinajstić information content (AvgIpc) is 1.82. The van der Waals surface area contributed by atoms with Gasteiger partial charge < -0.3 is 4.90 Å². The maximum atomic E-state index is 2.49. The Morgan fingerprint density at radius 1 is 1.17 bits per heavy atom. The van der Waals surface area contributed by atoms with Crippen LogP contribution in [0.25, 0.3) is 0 Å². The minimum absolute atomic E-state index is 0.398. The Morgan fingerprint density at radius 3 is 2.08 bits per heavy atom. The standard InChI is InChI=1S/C11H23N/c1-9-7-11(4,5)12(6)8-10(9,2)3/h9H,7-8H2,1-6H3. The molecule has 12 heavy (non-hydrogen) atoms. The summed E-state index contributed by atoms with van der Waals surface area (Å²) in [5.74, 6) is 0.837. The summed E-state index contributed by atoms with van der Waals surface area (Å²) in [6.45, 7) is 13.1. The summed E-state index contributed by atoms with van der Waals surface area (Å²) in [6, 6.07) is 0. The number of rotatable bonds is 0. The lowest BCUT2D eigenvalue weighted by molar-refractivity contribution is -0.00899. The van der Waals surface area contributed by atoms with Crippen LogP contribution in [0.4, 0.5) is 0 Å². The lowest BCUT2D eigenvalue weighted by atomic mass is 9.69. The number of hydrogen-bond donors (Lipinski definition) is 0. The van der Waals surface area contributed by atoms with Gasteiger partial charge in [0.2, 0.25) is 0 Å². The fraction of sp³-hybridized carbons (Fsp3) is 1.00. The highest BCUT2D eigenvalue weighted by Gasteiger charge is 2.40. The maximum Gasteiger partial charge on any atom is 0.0153 e. The van der Waals surface area contributed by atoms with Crippen LogP contribution in [-0.2, 0) is 0 Å². The van der Waals surface area contributed by atoms with Gasteiger partial charge in [-0.25, -0.2) is 0 Å². The molecule has 0 aliphatic carbocycles. The van der Waals surface area contributed by atoms with Gasteiger partial charge in [-0.2, -0.15) is 0 Å². The van der Waals surface area contributed by atoms with Crippen molar-refractivity contribution in [2.75, 3.05) is 13.6 Å². The van der Waals surface area contributed by atoms with Gasteiger partial charge >= 0.3 is 0 Å². The SMILES string of the molecule is CC1CC(C)(C)N(C)CC1(C)C. The van der Waals surface area contributed by atoms with Crippen molar-refractivity contribution in [3.63, 3.8) is 0 Å². The Kier molecular flexibility index (Phi) is 2.28. The zero-order valence-corrected chi connectivity index (χ0v) is 9.44. The summed E-state index contributed by atoms with van der Waals surface area (Å²) in [7, 11) is 2.24. The minimum Gasteiger partial charge on any atom is -0.301 e. The van der Waals surface area contributed by atoms with Crippen LogP contribution >= 0.6 is 0 Å². The molecule has 1 saturated heterocycles. The van der Waals surface area contributed by atoms with Crippen molar-refractivity contribution in [1.82, 2.24) is 4.90 Å². The molecule has 1 rings (SSSR count). The van der Waals surface area contributed by atoms with Gasteiger partial charge in [-0.1, -0.05) is 20.8 Å². The van der Waals surface area contributed by atoms with E-state index in [0.29, 0.717) is 11.0 Å². The monoisotopic (exact) mass is 169 g/mol. The van der Waals surface area contributed by atoms with Crippen molar-refractivity contribution in [1.29, 1.82) is 0 Å². The first kappa shape index (κ1) is 10.0. The summed E-state index contributed by atoms with van der Waals surface area (Å²) >= 11 is 0. The molecular weight excluding hydrogens is 146 g/mol. The van der Waals surface area contributed by atoms with E-state index in [1.165, 1.54) is 13.0 Å². The molecule has 0 radical (unpaired) electrons. The van der Waals surface area contributed by atoms with Crippen LogP contribution in [0.1, 0.15) is 41.0 Å². The van der Waals surface area contributed by atoms with E-state index in [9.17, 15) is 0 Å². The summed E-state index contributed by atoms with van der Waals surface area (Å²) < 4.78 is 0. The van der Waals surface area contributed by atoms with Crippen molar-refractivity contribution < 1.29 is 0 Å². The van der Waals surface area contributed by atoms with E-state index in [0.717, 1.165) is 5.92 Å². The molecule has 0 amide bonds. The molecule has 1 heterocycles. The molecule has 0 aromatic heterocycles. The zero-order chi connectivity index (χ0) is 9.57. The predicted octanol–water partition coefficient (Wildman–Crippen LogP) is 2.76. The van der Waals surface area contributed by atoms with Crippen molar-refractivity contribution in [2.45, 2.75) is 46.6 Å². The summed E-state index contributed by atoms with van der Waals surface area (Å²) in [6.07, 6.45) is 1.32. The Balaban J connectivity index is 2.76. The van der Waals surface area contributed by atoms with Gasteiger partial charge in [-0.15, -0.1) is 0 Å². The van der Waals surface area contributed by atoms with Crippen LogP contribution < -0.4 is 0 Å². The molecule has 1 aliphatic rings. The second-order valence-corrected chi connectivity index (χ2v) is 5.76. The molecule has 0 aromatic carbocycles. The van der Waals surface area contributed by atoms with Crippen molar-refractivity contribution in [3.05, 3.63) is 0 Å². The van der Waals surface area contributed by atoms with Crippen LogP contribution in [0.2, 0.25) is 0 Å². The predicted molar refractivity (Wildman–Crippen MR) is 54.3 cm³/mol. The first-order valence-electron chi connectivity index (χ1n) is 4.97. The highest BCUT2D eigenvalue weighted by atomic mass is 15.2. The van der Waals surface area contributed by atoms with Crippen LogP contribution in [0, 0.1) is 11.3 Å². The normalized spacial score (nSPS) is 35.0. The number of likely N-dealkylation sites (tertiary alicyclic amines) is 1. The van der Waals surface area contributed by atoms with Gasteiger partial charge in [0.05, 0.1) is 0 Å². The Labute approximate surface area is 77.1 Å². The third-order valence-electron chi connectivity index (χ3n) is 3.82. The van der Waals surface area contributed by atoms with E-state index >= 15 is 0 Å². The van der Waals surface area contributed by atoms with E-state index in [1.54, 1.807) is 0 Å². The lowest BCUT2D eigenvalue weighted by Gasteiger charge is -2.51. The first-order chi connectivity index (χ1) is 5.26. The van der Waals surface area contributed by atoms with Crippen molar-refractivity contribution in [2.24, 2.45) is 11.3 Å². The van der Waals surface area contributed by atoms with E-state index < -0.39 is 0 Å². The van der Waals surface area contributed by atoms with E-state index in [4.69, 9.17) is 0 Å². The summed E-state index contributed by atoms with van der Waals surface area (Å²) in [4.78, 5) is 2.49. The lowest BCUT2D eigenvalue weighted by Crippen LogP contribution is -2.54. The van der Waals surface area contributed by atoms with E-state index in [-0.39, 0.29) is 0 Å². The van der Waals surface area contributed by atoms with Crippen LogP contribution in [-0.4, -0.2) is 24.0 Å². The third-order valence-corrected chi connectivity index (χ3v) is 3.82. The van der Waals surface area contributed by atoms with Crippen LogP contribution in [0.15, 0.2) is 0 Å². The van der Waals surface area contributed by atoms with E-state index in [1.807, 2.05) is 0 Å². The number of hydrogen-bond acceptors (Lipinski definition) is 1. The second kappa shape index (κ2) is 2.73. The molecule has 1 fully saturated rings. The fourth-order valence-electron chi connectivity index (χ4n) is 2.16. The third kappa shape index (κ3) is 1.66. The number of nitrogens with zero attached hydrogens (tertiary/aromatic N) is 1. The Bertz CT molecular complexity index is 150. The zero-order valence-electron chi connectivity index (χ0n) is 9.44. The van der Waals surface area contributed by atoms with Gasteiger partial charge in [0.15, 0.2) is 0 Å². The molecule has 1 heteroatoms. The minimum atomic E-state index is 0.398. The molecular formula is C11H23N. The molecule has 0 aromatic rings. The molecule has 1 unspecified atom stereocenters. The molecule has 0 N–H and O–H groups in total. The largest absolute Gasteiger partial charge is 0.301 e. The molecule has 0 spiro atoms. The first-order valence-corrected chi connectivity index (χ1v) is 4.97. The molecule has 0 bridgehead atoms. The van der Waals surface area contributed by atoms with Crippen LogP contribution in [0.5, 0.6) is 0 Å². The van der Waals surface area contributed by atoms with Gasteiger partial charge in [0.1, 0.15) is 0 Å². The van der Waals surface area contributed by atoms with Gasteiger partial charge in [0, 0.05) is 12.1 Å². The topological polar surface area (TPSA) is 3.24 Å². The molecule has 1 aliphatic heterocycles. The smallest absolute Gasteiger partial charge is 0.0153 e. The molecule has 72 valence electrons. The van der Waals surface area contributed by atoms with Crippen molar-refractivity contribution >= 4 is 0 Å². The highest BCUT2D eigenvalue weighted by molar-refractivity contribution is 4.94. The van der Waals surface area contributed by atoms with E-state index in [2.05, 4.69) is 46.6 Å². The summed E-state index contributed by atoms with van der Waals surface area (Å²) in [5, 5.41) is 0. The van der Waals surface area contributed by atoms with Crippen molar-refractivity contribution in [3.8, 4) is 0 Å². The fourth-order valence-corrected chi connectivity index (χ4v) is 2.16. The number of piperidine rings is 1. The van der Waals surface area contributed by atoms with Gasteiger partial charge in [-0.05, 0) is 38.6 Å². The van der Waals surface area contributed by atoms with Gasteiger partial charge in [0.25, 0.3) is 0 Å². The Morgan fingerprint density at radius 2 is 1.67 bits per heavy atom. The Hall–Kier alpha value is -0.0400. The molecule has 1 atom stereocenters. The van der Waals surface area contributed by atoms with Gasteiger partial charge in [-0.3, -0.25) is 0 Å². The average molecular weight is 169 g/mol. The second-order valence-electron chi connectivity index (χ2n) is 5.76. The molecule has 0 saturated carbocycles. The maximum absolute atomic E-state index is 2.49. The highest BCUT2D eigenvalue weighted by Crippen LogP contribution is 2.40. The molecule has 1 nitrogen and oxygen atoms in total.